The van der Waals surface area contributed by atoms with Gasteiger partial charge in [-0.15, -0.1) is 11.3 Å². The van der Waals surface area contributed by atoms with Crippen LogP contribution < -0.4 is 4.90 Å². The summed E-state index contributed by atoms with van der Waals surface area (Å²) in [6.45, 7) is 10.2. The number of hydrogen-bond acceptors (Lipinski definition) is 4. The van der Waals surface area contributed by atoms with Crippen LogP contribution in [0, 0.1) is 0 Å². The minimum atomic E-state index is 0.194. The average Bonchev–Trinajstić information content (AvgIpc) is 2.97. The SMILES string of the molecule is CC(C)(C)c1ccc(-c2csc(N3CCOCC3)n2)cc1. The highest BCUT2D eigenvalue weighted by Gasteiger charge is 2.16. The first-order chi connectivity index (χ1) is 10.0. The zero-order valence-electron chi connectivity index (χ0n) is 12.9. The molecule has 0 aliphatic carbocycles. The summed E-state index contributed by atoms with van der Waals surface area (Å²) in [5.41, 5.74) is 3.81. The minimum Gasteiger partial charge on any atom is -0.378 e. The van der Waals surface area contributed by atoms with E-state index in [0.717, 1.165) is 37.1 Å². The van der Waals surface area contributed by atoms with Crippen molar-refractivity contribution in [3.05, 3.63) is 35.2 Å². The maximum absolute atomic E-state index is 5.39. The quantitative estimate of drug-likeness (QED) is 0.840. The third kappa shape index (κ3) is 3.27. The maximum atomic E-state index is 5.39. The molecule has 4 heteroatoms. The Morgan fingerprint density at radius 2 is 1.76 bits per heavy atom. The first-order valence-corrected chi connectivity index (χ1v) is 8.31. The number of benzene rings is 1. The Morgan fingerprint density at radius 3 is 2.38 bits per heavy atom. The third-order valence-corrected chi connectivity index (χ3v) is 4.72. The maximum Gasteiger partial charge on any atom is 0.186 e. The summed E-state index contributed by atoms with van der Waals surface area (Å²) in [5.74, 6) is 0. The van der Waals surface area contributed by atoms with Crippen molar-refractivity contribution in [2.24, 2.45) is 0 Å². The van der Waals surface area contributed by atoms with Crippen molar-refractivity contribution in [3.8, 4) is 11.3 Å². The molecule has 0 unspecified atom stereocenters. The van der Waals surface area contributed by atoms with Gasteiger partial charge in [0.1, 0.15) is 0 Å². The van der Waals surface area contributed by atoms with Crippen LogP contribution in [0.1, 0.15) is 26.3 Å². The molecule has 0 atom stereocenters. The molecule has 3 rings (SSSR count). The first kappa shape index (κ1) is 14.5. The van der Waals surface area contributed by atoms with Gasteiger partial charge in [0, 0.05) is 24.0 Å². The van der Waals surface area contributed by atoms with E-state index in [1.165, 1.54) is 11.1 Å². The van der Waals surface area contributed by atoms with E-state index in [1.807, 2.05) is 0 Å². The monoisotopic (exact) mass is 302 g/mol. The fraction of sp³-hybridized carbons (Fsp3) is 0.471. The molecule has 0 N–H and O–H groups in total. The van der Waals surface area contributed by atoms with E-state index in [2.05, 4.69) is 55.3 Å². The number of ether oxygens (including phenoxy) is 1. The molecule has 1 aromatic heterocycles. The van der Waals surface area contributed by atoms with Crippen LogP contribution in [0.3, 0.4) is 0 Å². The molecule has 0 saturated carbocycles. The van der Waals surface area contributed by atoms with Crippen molar-refractivity contribution in [2.75, 3.05) is 31.2 Å². The fourth-order valence-corrected chi connectivity index (χ4v) is 3.33. The number of thiazole rings is 1. The van der Waals surface area contributed by atoms with E-state index < -0.39 is 0 Å². The Morgan fingerprint density at radius 1 is 1.10 bits per heavy atom. The van der Waals surface area contributed by atoms with E-state index in [9.17, 15) is 0 Å². The van der Waals surface area contributed by atoms with Crippen LogP contribution in [0.5, 0.6) is 0 Å². The van der Waals surface area contributed by atoms with Crippen molar-refractivity contribution in [3.63, 3.8) is 0 Å². The minimum absolute atomic E-state index is 0.194. The van der Waals surface area contributed by atoms with Gasteiger partial charge in [-0.05, 0) is 11.0 Å². The van der Waals surface area contributed by atoms with Crippen LogP contribution >= 0.6 is 11.3 Å². The van der Waals surface area contributed by atoms with Gasteiger partial charge >= 0.3 is 0 Å². The Hall–Kier alpha value is -1.39. The number of hydrogen-bond donors (Lipinski definition) is 0. The predicted octanol–water partition coefficient (Wildman–Crippen LogP) is 3.94. The van der Waals surface area contributed by atoms with Crippen molar-refractivity contribution in [1.29, 1.82) is 0 Å². The van der Waals surface area contributed by atoms with Gasteiger partial charge in [0.2, 0.25) is 0 Å². The molecule has 1 saturated heterocycles. The number of aromatic nitrogens is 1. The number of nitrogens with zero attached hydrogens (tertiary/aromatic N) is 2. The third-order valence-electron chi connectivity index (χ3n) is 3.82. The molecule has 1 aromatic carbocycles. The Bertz CT molecular complexity index is 592. The number of morpholine rings is 1. The van der Waals surface area contributed by atoms with E-state index in [-0.39, 0.29) is 5.41 Å². The van der Waals surface area contributed by atoms with Gasteiger partial charge in [-0.25, -0.2) is 4.98 Å². The van der Waals surface area contributed by atoms with Gasteiger partial charge in [0.25, 0.3) is 0 Å². The molecule has 2 heterocycles. The normalized spacial score (nSPS) is 16.2. The lowest BCUT2D eigenvalue weighted by Gasteiger charge is -2.26. The van der Waals surface area contributed by atoms with E-state index in [4.69, 9.17) is 9.72 Å². The Labute approximate surface area is 130 Å². The number of rotatable bonds is 2. The smallest absolute Gasteiger partial charge is 0.186 e. The highest BCUT2D eigenvalue weighted by molar-refractivity contribution is 7.14. The summed E-state index contributed by atoms with van der Waals surface area (Å²) >= 11 is 1.72. The van der Waals surface area contributed by atoms with Gasteiger partial charge < -0.3 is 9.64 Å². The Balaban J connectivity index is 1.79. The van der Waals surface area contributed by atoms with Crippen LogP contribution in [0.15, 0.2) is 29.6 Å². The lowest BCUT2D eigenvalue weighted by atomic mass is 9.86. The molecule has 0 bridgehead atoms. The van der Waals surface area contributed by atoms with Crippen LogP contribution in [-0.4, -0.2) is 31.3 Å². The molecule has 0 radical (unpaired) electrons. The molecule has 2 aromatic rings. The van der Waals surface area contributed by atoms with E-state index in [1.54, 1.807) is 11.3 Å². The van der Waals surface area contributed by atoms with E-state index in [0.29, 0.717) is 0 Å². The van der Waals surface area contributed by atoms with Gasteiger partial charge in [-0.1, -0.05) is 45.0 Å². The molecule has 0 spiro atoms. The molecule has 1 aliphatic rings. The van der Waals surface area contributed by atoms with Crippen LogP contribution in [0.2, 0.25) is 0 Å². The summed E-state index contributed by atoms with van der Waals surface area (Å²) in [6.07, 6.45) is 0. The highest BCUT2D eigenvalue weighted by Crippen LogP contribution is 2.30. The number of anilines is 1. The lowest BCUT2D eigenvalue weighted by Crippen LogP contribution is -2.36. The highest BCUT2D eigenvalue weighted by atomic mass is 32.1. The molecular weight excluding hydrogens is 280 g/mol. The second-order valence-electron chi connectivity index (χ2n) is 6.44. The molecule has 0 amide bonds. The summed E-state index contributed by atoms with van der Waals surface area (Å²) in [4.78, 5) is 7.09. The molecule has 3 nitrogen and oxygen atoms in total. The van der Waals surface area contributed by atoms with Gasteiger partial charge in [-0.2, -0.15) is 0 Å². The van der Waals surface area contributed by atoms with Crippen LogP contribution in [0.4, 0.5) is 5.13 Å². The first-order valence-electron chi connectivity index (χ1n) is 7.43. The molecule has 112 valence electrons. The lowest BCUT2D eigenvalue weighted by molar-refractivity contribution is 0.122. The summed E-state index contributed by atoms with van der Waals surface area (Å²) in [7, 11) is 0. The predicted molar refractivity (Wildman–Crippen MR) is 89.3 cm³/mol. The molecule has 1 fully saturated rings. The van der Waals surface area contributed by atoms with Crippen molar-refractivity contribution < 1.29 is 4.74 Å². The molecule has 21 heavy (non-hydrogen) atoms. The van der Waals surface area contributed by atoms with Crippen LogP contribution in [-0.2, 0) is 10.2 Å². The Kier molecular flexibility index (Phi) is 4.00. The fourth-order valence-electron chi connectivity index (χ4n) is 2.44. The average molecular weight is 302 g/mol. The second kappa shape index (κ2) is 5.78. The van der Waals surface area contributed by atoms with Crippen molar-refractivity contribution in [2.45, 2.75) is 26.2 Å². The summed E-state index contributed by atoms with van der Waals surface area (Å²) < 4.78 is 5.39. The van der Waals surface area contributed by atoms with Gasteiger partial charge in [0.05, 0.1) is 18.9 Å². The van der Waals surface area contributed by atoms with Crippen molar-refractivity contribution in [1.82, 2.24) is 4.98 Å². The largest absolute Gasteiger partial charge is 0.378 e. The van der Waals surface area contributed by atoms with E-state index >= 15 is 0 Å². The summed E-state index contributed by atoms with van der Waals surface area (Å²) in [6, 6.07) is 8.78. The van der Waals surface area contributed by atoms with Gasteiger partial charge in [-0.3, -0.25) is 0 Å². The van der Waals surface area contributed by atoms with Crippen molar-refractivity contribution >= 4 is 16.5 Å². The van der Waals surface area contributed by atoms with Crippen LogP contribution in [0.25, 0.3) is 11.3 Å². The van der Waals surface area contributed by atoms with Gasteiger partial charge in [0.15, 0.2) is 5.13 Å². The second-order valence-corrected chi connectivity index (χ2v) is 7.28. The summed E-state index contributed by atoms with van der Waals surface area (Å²) in [5, 5.41) is 3.25. The zero-order chi connectivity index (χ0) is 14.9. The molecule has 1 aliphatic heterocycles. The zero-order valence-corrected chi connectivity index (χ0v) is 13.7. The topological polar surface area (TPSA) is 25.4 Å². The molecular formula is C17H22N2OS. The standard InChI is InChI=1S/C17H22N2OS/c1-17(2,3)14-6-4-13(5-7-14)15-12-21-16(18-15)19-8-10-20-11-9-19/h4-7,12H,8-11H2,1-3H3.